The number of benzene rings is 2. The lowest BCUT2D eigenvalue weighted by atomic mass is 10.2. The second kappa shape index (κ2) is 9.92. The van der Waals surface area contributed by atoms with Crippen molar-refractivity contribution < 1.29 is 19.2 Å². The van der Waals surface area contributed by atoms with E-state index in [9.17, 15) is 14.9 Å². The van der Waals surface area contributed by atoms with E-state index in [4.69, 9.17) is 14.5 Å². The lowest BCUT2D eigenvalue weighted by Crippen LogP contribution is -2.32. The van der Waals surface area contributed by atoms with Gasteiger partial charge in [0.25, 0.3) is 11.6 Å². The van der Waals surface area contributed by atoms with E-state index in [1.807, 2.05) is 20.2 Å². The Morgan fingerprint density at radius 2 is 1.76 bits per heavy atom. The van der Waals surface area contributed by atoms with Crippen LogP contribution in [0.3, 0.4) is 0 Å². The number of thiazole rings is 1. The second-order valence-electron chi connectivity index (χ2n) is 7.87. The number of methoxy groups -OCH3 is 2. The Bertz CT molecular complexity index is 1320. The average Bonchev–Trinajstić information content (AvgIpc) is 3.43. The van der Waals surface area contributed by atoms with Crippen molar-refractivity contribution in [1.29, 1.82) is 0 Å². The molecule has 34 heavy (non-hydrogen) atoms. The van der Waals surface area contributed by atoms with Crippen LogP contribution in [0, 0.1) is 10.1 Å². The Balaban J connectivity index is 1.72. The molecule has 0 aliphatic heterocycles. The first-order valence-corrected chi connectivity index (χ1v) is 12.1. The normalized spacial score (nSPS) is 11.3. The molecule has 2 heterocycles. The third-order valence-electron chi connectivity index (χ3n) is 5.27. The maximum absolute atomic E-state index is 13.6. The number of nitro benzene ring substituents is 1. The van der Waals surface area contributed by atoms with Crippen LogP contribution in [0.1, 0.15) is 16.1 Å². The van der Waals surface area contributed by atoms with E-state index >= 15 is 0 Å². The van der Waals surface area contributed by atoms with Crippen LogP contribution in [0.15, 0.2) is 36.4 Å². The van der Waals surface area contributed by atoms with Crippen LogP contribution >= 0.6 is 22.7 Å². The number of carbonyl (C=O) groups excluding carboxylic acids is 1. The summed E-state index contributed by atoms with van der Waals surface area (Å²) in [4.78, 5) is 33.3. The zero-order chi connectivity index (χ0) is 24.4. The SMILES string of the molecule is COc1cc2nc(N(CCCN(C)C)C(=O)c3cc4cc([N+](=O)[O-])ccc4s3)sc2cc1OC. The Labute approximate surface area is 204 Å². The van der Waals surface area contributed by atoms with E-state index in [0.29, 0.717) is 33.4 Å². The van der Waals surface area contributed by atoms with Crippen LogP contribution in [0.4, 0.5) is 10.8 Å². The van der Waals surface area contributed by atoms with Crippen LogP contribution in [0.5, 0.6) is 11.5 Å². The standard InChI is InChI=1S/C23H24N4O5S2/c1-25(2)8-5-9-26(23-24-16-12-17(31-3)18(32-4)13-20(16)34-23)22(28)21-11-14-10-15(27(29)30)6-7-19(14)33-21/h6-7,10-13H,5,8-9H2,1-4H3. The fraction of sp³-hybridized carbons (Fsp3) is 0.304. The molecule has 0 aliphatic carbocycles. The van der Waals surface area contributed by atoms with Crippen molar-refractivity contribution >= 4 is 59.7 Å². The third-order valence-corrected chi connectivity index (χ3v) is 7.41. The lowest BCUT2D eigenvalue weighted by Gasteiger charge is -2.20. The van der Waals surface area contributed by atoms with E-state index in [1.54, 1.807) is 37.3 Å². The number of nitro groups is 1. The number of nitrogens with zero attached hydrogens (tertiary/aromatic N) is 4. The molecule has 2 aromatic carbocycles. The third kappa shape index (κ3) is 4.81. The number of carbonyl (C=O) groups is 1. The number of ether oxygens (including phenoxy) is 2. The van der Waals surface area contributed by atoms with Gasteiger partial charge in [0.2, 0.25) is 0 Å². The molecular formula is C23H24N4O5S2. The van der Waals surface area contributed by atoms with Gasteiger partial charge in [-0.1, -0.05) is 11.3 Å². The number of aromatic nitrogens is 1. The highest BCUT2D eigenvalue weighted by Crippen LogP contribution is 2.38. The van der Waals surface area contributed by atoms with Gasteiger partial charge in [-0.25, -0.2) is 4.98 Å². The number of anilines is 1. The van der Waals surface area contributed by atoms with Gasteiger partial charge in [-0.15, -0.1) is 11.3 Å². The molecule has 0 aliphatic rings. The Kier molecular flexibility index (Phi) is 6.96. The fourth-order valence-corrected chi connectivity index (χ4v) is 5.56. The molecule has 2 aromatic heterocycles. The van der Waals surface area contributed by atoms with Crippen molar-refractivity contribution in [2.24, 2.45) is 0 Å². The van der Waals surface area contributed by atoms with Crippen LogP contribution in [-0.2, 0) is 0 Å². The molecule has 0 saturated carbocycles. The summed E-state index contributed by atoms with van der Waals surface area (Å²) in [5.74, 6) is 0.991. The molecule has 0 bridgehead atoms. The van der Waals surface area contributed by atoms with Crippen LogP contribution < -0.4 is 14.4 Å². The summed E-state index contributed by atoms with van der Waals surface area (Å²) < 4.78 is 12.5. The van der Waals surface area contributed by atoms with Gasteiger partial charge in [0.05, 0.1) is 34.2 Å². The zero-order valence-electron chi connectivity index (χ0n) is 19.2. The Morgan fingerprint density at radius 1 is 1.03 bits per heavy atom. The van der Waals surface area contributed by atoms with Gasteiger partial charge in [-0.05, 0) is 39.2 Å². The molecule has 11 heteroatoms. The number of hydrogen-bond acceptors (Lipinski definition) is 9. The topological polar surface area (TPSA) is 98.0 Å². The molecule has 0 atom stereocenters. The molecule has 0 fully saturated rings. The molecule has 0 N–H and O–H groups in total. The molecular weight excluding hydrogens is 476 g/mol. The Morgan fingerprint density at radius 3 is 2.44 bits per heavy atom. The number of rotatable bonds is 9. The minimum absolute atomic E-state index is 0.00112. The number of hydrogen-bond donors (Lipinski definition) is 0. The summed E-state index contributed by atoms with van der Waals surface area (Å²) in [5, 5.41) is 12.4. The highest BCUT2D eigenvalue weighted by atomic mass is 32.1. The molecule has 0 spiro atoms. The zero-order valence-corrected chi connectivity index (χ0v) is 20.9. The highest BCUT2D eigenvalue weighted by molar-refractivity contribution is 7.23. The molecule has 0 unspecified atom stereocenters. The number of thiophene rings is 1. The van der Waals surface area contributed by atoms with Gasteiger partial charge in [-0.2, -0.15) is 0 Å². The summed E-state index contributed by atoms with van der Waals surface area (Å²) in [7, 11) is 7.12. The first-order chi connectivity index (χ1) is 16.3. The van der Waals surface area contributed by atoms with Gasteiger partial charge in [-0.3, -0.25) is 19.8 Å². The van der Waals surface area contributed by atoms with Crippen molar-refractivity contribution in [2.75, 3.05) is 46.3 Å². The maximum atomic E-state index is 13.6. The van der Waals surface area contributed by atoms with E-state index < -0.39 is 4.92 Å². The molecule has 178 valence electrons. The monoisotopic (exact) mass is 500 g/mol. The molecule has 9 nitrogen and oxygen atoms in total. The number of non-ortho nitro benzene ring substituents is 1. The molecule has 1 amide bonds. The summed E-state index contributed by atoms with van der Waals surface area (Å²) in [6.45, 7) is 1.30. The van der Waals surface area contributed by atoms with Gasteiger partial charge >= 0.3 is 0 Å². The van der Waals surface area contributed by atoms with Crippen LogP contribution in [0.2, 0.25) is 0 Å². The second-order valence-corrected chi connectivity index (χ2v) is 9.97. The van der Waals surface area contributed by atoms with Crippen molar-refractivity contribution in [3.8, 4) is 11.5 Å². The molecule has 0 saturated heterocycles. The van der Waals surface area contributed by atoms with Crippen molar-refractivity contribution in [2.45, 2.75) is 6.42 Å². The summed E-state index contributed by atoms with van der Waals surface area (Å²) >= 11 is 2.73. The molecule has 0 radical (unpaired) electrons. The summed E-state index contributed by atoms with van der Waals surface area (Å²) in [6.07, 6.45) is 0.762. The Hall–Kier alpha value is -3.28. The van der Waals surface area contributed by atoms with Gasteiger partial charge in [0.15, 0.2) is 16.6 Å². The first-order valence-electron chi connectivity index (χ1n) is 10.5. The number of amides is 1. The quantitative estimate of drug-likeness (QED) is 0.235. The van der Waals surface area contributed by atoms with Crippen LogP contribution in [-0.4, -0.2) is 62.1 Å². The van der Waals surface area contributed by atoms with E-state index in [0.717, 1.165) is 27.9 Å². The van der Waals surface area contributed by atoms with Gasteiger partial charge in [0.1, 0.15) is 0 Å². The van der Waals surface area contributed by atoms with E-state index in [1.165, 1.54) is 34.8 Å². The van der Waals surface area contributed by atoms with E-state index in [-0.39, 0.29) is 11.6 Å². The minimum atomic E-state index is -0.435. The summed E-state index contributed by atoms with van der Waals surface area (Å²) in [5.41, 5.74) is 0.719. The predicted molar refractivity (Wildman–Crippen MR) is 136 cm³/mol. The molecule has 4 aromatic rings. The predicted octanol–water partition coefficient (Wildman–Crippen LogP) is 5.03. The minimum Gasteiger partial charge on any atom is -0.493 e. The fourth-order valence-electron chi connectivity index (χ4n) is 3.57. The largest absolute Gasteiger partial charge is 0.493 e. The molecule has 4 rings (SSSR count). The van der Waals surface area contributed by atoms with Crippen molar-refractivity contribution in [1.82, 2.24) is 9.88 Å². The van der Waals surface area contributed by atoms with E-state index in [2.05, 4.69) is 4.90 Å². The van der Waals surface area contributed by atoms with Crippen LogP contribution in [0.25, 0.3) is 20.3 Å². The highest BCUT2D eigenvalue weighted by Gasteiger charge is 2.24. The van der Waals surface area contributed by atoms with Gasteiger partial charge in [0, 0.05) is 40.9 Å². The summed E-state index contributed by atoms with van der Waals surface area (Å²) in [6, 6.07) is 10.0. The smallest absolute Gasteiger partial charge is 0.270 e. The maximum Gasteiger partial charge on any atom is 0.270 e. The lowest BCUT2D eigenvalue weighted by molar-refractivity contribution is -0.384. The first kappa shape index (κ1) is 23.9. The van der Waals surface area contributed by atoms with Gasteiger partial charge < -0.3 is 14.4 Å². The number of fused-ring (bicyclic) bond motifs is 2. The van der Waals surface area contributed by atoms with Crippen molar-refractivity contribution in [3.63, 3.8) is 0 Å². The van der Waals surface area contributed by atoms with Crippen molar-refractivity contribution in [3.05, 3.63) is 51.4 Å². The average molecular weight is 501 g/mol.